The predicted octanol–water partition coefficient (Wildman–Crippen LogP) is 5.56. The van der Waals surface area contributed by atoms with Crippen molar-refractivity contribution in [1.29, 1.82) is 5.53 Å². The van der Waals surface area contributed by atoms with Crippen molar-refractivity contribution in [1.82, 2.24) is 0 Å². The van der Waals surface area contributed by atoms with Crippen LogP contribution in [0, 0.1) is 5.53 Å². The van der Waals surface area contributed by atoms with E-state index in [1.54, 1.807) is 12.4 Å². The molecular formula is C38H51N9O4. The second-order valence-corrected chi connectivity index (χ2v) is 11.7. The lowest BCUT2D eigenvalue weighted by Crippen LogP contribution is -2.08. The van der Waals surface area contributed by atoms with Crippen molar-refractivity contribution in [2.45, 2.75) is 25.7 Å². The molecule has 4 rings (SSSR count). The van der Waals surface area contributed by atoms with Crippen molar-refractivity contribution in [3.8, 4) is 23.0 Å². The summed E-state index contributed by atoms with van der Waals surface area (Å²) in [6, 6.07) is 23.0. The summed E-state index contributed by atoms with van der Waals surface area (Å²) in [4.78, 5) is 0. The van der Waals surface area contributed by atoms with Gasteiger partial charge in [0.15, 0.2) is 0 Å². The van der Waals surface area contributed by atoms with E-state index in [0.29, 0.717) is 87.0 Å². The minimum absolute atomic E-state index is 0.436. The van der Waals surface area contributed by atoms with E-state index in [9.17, 15) is 0 Å². The molecule has 0 spiro atoms. The zero-order valence-corrected chi connectivity index (χ0v) is 29.0. The Labute approximate surface area is 299 Å². The number of nitrogens with two attached hydrogens (primary N) is 5. The molecule has 0 amide bonds. The summed E-state index contributed by atoms with van der Waals surface area (Å²) in [6.45, 7) is 4.15. The summed E-state index contributed by atoms with van der Waals surface area (Å²) >= 11 is 0. The molecule has 0 radical (unpaired) electrons. The summed E-state index contributed by atoms with van der Waals surface area (Å²) < 4.78 is 23.5. The van der Waals surface area contributed by atoms with E-state index in [2.05, 4.69) is 15.7 Å². The maximum Gasteiger partial charge on any atom is 0.125 e. The van der Waals surface area contributed by atoms with Crippen molar-refractivity contribution in [3.05, 3.63) is 96.3 Å². The maximum absolute atomic E-state index is 7.93. The number of ether oxygens (including phenoxy) is 4. The Morgan fingerprint density at radius 1 is 0.549 bits per heavy atom. The number of nitrogens with one attached hydrogen (secondary N) is 3. The number of anilines is 2. The van der Waals surface area contributed by atoms with Crippen LogP contribution < -0.4 is 58.2 Å². The van der Waals surface area contributed by atoms with Crippen LogP contribution in [0.25, 0.3) is 22.2 Å². The Balaban J connectivity index is 1.53. The van der Waals surface area contributed by atoms with E-state index in [4.69, 9.17) is 53.1 Å². The molecule has 13 nitrogen and oxygen atoms in total. The van der Waals surface area contributed by atoms with Crippen molar-refractivity contribution < 1.29 is 18.9 Å². The fraction of sp³-hybridized carbons (Fsp3) is 0.316. The third-order valence-electron chi connectivity index (χ3n) is 7.59. The SMILES string of the molecule is N=N/C(=C\Nc1cc(OCCCN)cc(OCCCN)c1)c1ccc2ccc(/C(N)=C/Nc3cc(OCCCN)cc(OCCCN)c3)cc2c1. The molecule has 4 aromatic carbocycles. The van der Waals surface area contributed by atoms with Gasteiger partial charge in [-0.2, -0.15) is 5.11 Å². The largest absolute Gasteiger partial charge is 0.493 e. The van der Waals surface area contributed by atoms with Gasteiger partial charge in [0.25, 0.3) is 0 Å². The average molecular weight is 698 g/mol. The molecule has 272 valence electrons. The summed E-state index contributed by atoms with van der Waals surface area (Å²) in [5.74, 6) is 2.62. The van der Waals surface area contributed by atoms with Crippen LogP contribution >= 0.6 is 0 Å². The number of hydrogen-bond acceptors (Lipinski definition) is 13. The fourth-order valence-electron chi connectivity index (χ4n) is 4.90. The van der Waals surface area contributed by atoms with Crippen molar-refractivity contribution in [2.24, 2.45) is 33.8 Å². The second kappa shape index (κ2) is 21.0. The third kappa shape index (κ3) is 12.5. The summed E-state index contributed by atoms with van der Waals surface area (Å²) in [5.41, 5.74) is 41.0. The highest BCUT2D eigenvalue weighted by Crippen LogP contribution is 2.30. The number of benzene rings is 4. The van der Waals surface area contributed by atoms with Gasteiger partial charge in [-0.1, -0.05) is 24.3 Å². The molecule has 0 saturated carbocycles. The first-order chi connectivity index (χ1) is 25.0. The van der Waals surface area contributed by atoms with Crippen LogP contribution in [0.15, 0.2) is 90.3 Å². The van der Waals surface area contributed by atoms with Gasteiger partial charge in [0.05, 0.1) is 32.1 Å². The molecule has 0 atom stereocenters. The van der Waals surface area contributed by atoms with Crippen LogP contribution in [0.5, 0.6) is 23.0 Å². The Morgan fingerprint density at radius 3 is 1.39 bits per heavy atom. The quantitative estimate of drug-likeness (QED) is 0.0353. The zero-order chi connectivity index (χ0) is 36.3. The van der Waals surface area contributed by atoms with Gasteiger partial charge < -0.3 is 58.2 Å². The van der Waals surface area contributed by atoms with Crippen molar-refractivity contribution in [3.63, 3.8) is 0 Å². The normalized spacial score (nSPS) is 11.7. The van der Waals surface area contributed by atoms with Gasteiger partial charge in [0, 0.05) is 65.7 Å². The zero-order valence-electron chi connectivity index (χ0n) is 29.0. The Bertz CT molecular complexity index is 1710. The number of hydrogen-bond donors (Lipinski definition) is 8. The summed E-state index contributed by atoms with van der Waals surface area (Å²) in [5, 5.41) is 12.3. The molecule has 0 heterocycles. The number of rotatable bonds is 23. The highest BCUT2D eigenvalue weighted by atomic mass is 16.5. The molecule has 0 saturated heterocycles. The van der Waals surface area contributed by atoms with E-state index >= 15 is 0 Å². The number of fused-ring (bicyclic) bond motifs is 1. The standard InChI is InChI=1S/C38H51N9O4/c39-9-1-13-48-33-19-31(20-34(23-33)49-14-2-10-40)45-25-37(43)28-7-5-27-6-8-29(18-30(27)17-28)38(47-44)26-46-32-21-35(50-15-3-11-41)24-36(22-32)51-16-4-12-42/h5-8,17-26,44-46H,1-4,9-16,39-43H2/b37-25-,38-26-,47-44?. The Morgan fingerprint density at radius 2 is 0.961 bits per heavy atom. The van der Waals surface area contributed by atoms with Gasteiger partial charge in [0.1, 0.15) is 28.7 Å². The molecule has 4 aromatic rings. The molecule has 0 aliphatic carbocycles. The maximum atomic E-state index is 7.93. The Kier molecular flexibility index (Phi) is 15.8. The lowest BCUT2D eigenvalue weighted by Gasteiger charge is -2.13. The molecule has 51 heavy (non-hydrogen) atoms. The van der Waals surface area contributed by atoms with E-state index in [1.807, 2.05) is 72.8 Å². The molecule has 0 aliphatic rings. The van der Waals surface area contributed by atoms with Crippen LogP contribution in [0.3, 0.4) is 0 Å². The van der Waals surface area contributed by atoms with E-state index in [0.717, 1.165) is 59.0 Å². The smallest absolute Gasteiger partial charge is 0.125 e. The monoisotopic (exact) mass is 697 g/mol. The van der Waals surface area contributed by atoms with Crippen molar-refractivity contribution >= 4 is 33.5 Å². The molecule has 13 heteroatoms. The topological polar surface area (TPSA) is 227 Å². The molecule has 0 aromatic heterocycles. The highest BCUT2D eigenvalue weighted by molar-refractivity contribution is 5.89. The minimum atomic E-state index is 0.436. The van der Waals surface area contributed by atoms with Crippen LogP contribution in [0.4, 0.5) is 11.4 Å². The van der Waals surface area contributed by atoms with E-state index in [-0.39, 0.29) is 0 Å². The van der Waals surface area contributed by atoms with Crippen LogP contribution in [-0.4, -0.2) is 52.6 Å². The fourth-order valence-corrected chi connectivity index (χ4v) is 4.90. The van der Waals surface area contributed by atoms with Crippen molar-refractivity contribution in [2.75, 3.05) is 63.2 Å². The number of nitrogens with zero attached hydrogens (tertiary/aromatic N) is 1. The molecule has 0 aliphatic heterocycles. The first-order valence-electron chi connectivity index (χ1n) is 17.2. The van der Waals surface area contributed by atoms with Gasteiger partial charge >= 0.3 is 0 Å². The lowest BCUT2D eigenvalue weighted by atomic mass is 10.0. The van der Waals surface area contributed by atoms with Gasteiger partial charge in [-0.3, -0.25) is 0 Å². The molecule has 0 bridgehead atoms. The third-order valence-corrected chi connectivity index (χ3v) is 7.59. The second-order valence-electron chi connectivity index (χ2n) is 11.7. The molecule has 13 N–H and O–H groups in total. The molecule has 0 unspecified atom stereocenters. The van der Waals surface area contributed by atoms with Gasteiger partial charge in [0.2, 0.25) is 0 Å². The molecular weight excluding hydrogens is 646 g/mol. The minimum Gasteiger partial charge on any atom is -0.493 e. The van der Waals surface area contributed by atoms with Crippen LogP contribution in [0.1, 0.15) is 36.8 Å². The Hall–Kier alpha value is -5.34. The van der Waals surface area contributed by atoms with E-state index in [1.165, 1.54) is 0 Å². The van der Waals surface area contributed by atoms with Crippen LogP contribution in [-0.2, 0) is 0 Å². The average Bonchev–Trinajstić information content (AvgIpc) is 3.14. The van der Waals surface area contributed by atoms with Gasteiger partial charge in [-0.25, -0.2) is 5.53 Å². The lowest BCUT2D eigenvalue weighted by molar-refractivity contribution is 0.298. The predicted molar refractivity (Wildman–Crippen MR) is 206 cm³/mol. The van der Waals surface area contributed by atoms with Gasteiger partial charge in [-0.05, 0) is 80.3 Å². The van der Waals surface area contributed by atoms with Crippen LogP contribution in [0.2, 0.25) is 0 Å². The van der Waals surface area contributed by atoms with Gasteiger partial charge in [-0.15, -0.1) is 0 Å². The summed E-state index contributed by atoms with van der Waals surface area (Å²) in [6.07, 6.45) is 6.37. The molecule has 0 fully saturated rings. The summed E-state index contributed by atoms with van der Waals surface area (Å²) in [7, 11) is 0. The highest BCUT2D eigenvalue weighted by Gasteiger charge is 2.08. The first-order valence-corrected chi connectivity index (χ1v) is 17.2. The first kappa shape index (κ1) is 38.5. The van der Waals surface area contributed by atoms with E-state index < -0.39 is 0 Å².